The SMILES string of the molecule is CC(C)OC(=O)CNC(=O)c1cc(S(=O)(=O)N(C)c2ccc(F)cc2)ccc1Cl. The molecule has 1 N–H and O–H groups in total. The second kappa shape index (κ2) is 9.23. The summed E-state index contributed by atoms with van der Waals surface area (Å²) in [6.07, 6.45) is -0.335. The minimum Gasteiger partial charge on any atom is -0.462 e. The van der Waals surface area contributed by atoms with Crippen molar-refractivity contribution >= 4 is 39.2 Å². The van der Waals surface area contributed by atoms with Crippen LogP contribution in [0.15, 0.2) is 47.4 Å². The fourth-order valence-electron chi connectivity index (χ4n) is 2.34. The largest absolute Gasteiger partial charge is 0.462 e. The second-order valence-electron chi connectivity index (χ2n) is 6.31. The molecule has 0 saturated heterocycles. The Balaban J connectivity index is 2.25. The third-order valence-electron chi connectivity index (χ3n) is 3.79. The van der Waals surface area contributed by atoms with E-state index in [4.69, 9.17) is 16.3 Å². The average molecular weight is 443 g/mol. The average Bonchev–Trinajstić information content (AvgIpc) is 2.65. The number of sulfonamides is 1. The van der Waals surface area contributed by atoms with Crippen LogP contribution in [0, 0.1) is 5.82 Å². The molecule has 29 heavy (non-hydrogen) atoms. The Hall–Kier alpha value is -2.65. The molecule has 0 heterocycles. The Labute approximate surface area is 173 Å². The van der Waals surface area contributed by atoms with E-state index in [0.29, 0.717) is 0 Å². The van der Waals surface area contributed by atoms with Crippen LogP contribution in [0.1, 0.15) is 24.2 Å². The number of carbonyl (C=O) groups is 2. The Bertz CT molecular complexity index is 1010. The third-order valence-corrected chi connectivity index (χ3v) is 5.90. The van der Waals surface area contributed by atoms with Gasteiger partial charge in [0.2, 0.25) is 0 Å². The summed E-state index contributed by atoms with van der Waals surface area (Å²) in [5, 5.41) is 2.36. The van der Waals surface area contributed by atoms with Gasteiger partial charge < -0.3 is 10.1 Å². The number of esters is 1. The van der Waals surface area contributed by atoms with Gasteiger partial charge in [0, 0.05) is 7.05 Å². The van der Waals surface area contributed by atoms with Gasteiger partial charge in [0.05, 0.1) is 27.3 Å². The van der Waals surface area contributed by atoms with Gasteiger partial charge in [-0.05, 0) is 56.3 Å². The fraction of sp³-hybridized carbons (Fsp3) is 0.263. The molecule has 0 fully saturated rings. The molecular formula is C19H20ClFN2O5S. The quantitative estimate of drug-likeness (QED) is 0.665. The second-order valence-corrected chi connectivity index (χ2v) is 8.69. The number of hydrogen-bond donors (Lipinski definition) is 1. The molecule has 0 atom stereocenters. The zero-order chi connectivity index (χ0) is 21.8. The van der Waals surface area contributed by atoms with Crippen LogP contribution in [0.5, 0.6) is 0 Å². The van der Waals surface area contributed by atoms with Crippen LogP contribution in [-0.4, -0.2) is 40.0 Å². The minimum absolute atomic E-state index is 0.0168. The normalized spacial score (nSPS) is 11.2. The van der Waals surface area contributed by atoms with Gasteiger partial charge in [-0.15, -0.1) is 0 Å². The highest BCUT2D eigenvalue weighted by Gasteiger charge is 2.24. The van der Waals surface area contributed by atoms with Gasteiger partial charge in [0.15, 0.2) is 0 Å². The molecule has 2 aromatic carbocycles. The highest BCUT2D eigenvalue weighted by atomic mass is 35.5. The maximum absolute atomic E-state index is 13.1. The maximum atomic E-state index is 13.1. The van der Waals surface area contributed by atoms with Crippen LogP contribution in [0.2, 0.25) is 5.02 Å². The van der Waals surface area contributed by atoms with Crippen LogP contribution in [0.25, 0.3) is 0 Å². The van der Waals surface area contributed by atoms with Crippen LogP contribution < -0.4 is 9.62 Å². The molecule has 7 nitrogen and oxygen atoms in total. The Morgan fingerprint density at radius 3 is 2.38 bits per heavy atom. The molecule has 10 heteroatoms. The molecule has 0 bridgehead atoms. The van der Waals surface area contributed by atoms with Crippen molar-refractivity contribution in [2.45, 2.75) is 24.8 Å². The summed E-state index contributed by atoms with van der Waals surface area (Å²) in [5.74, 6) is -1.86. The number of amides is 1. The number of benzene rings is 2. The molecule has 2 rings (SSSR count). The van der Waals surface area contributed by atoms with E-state index in [2.05, 4.69) is 5.32 Å². The van der Waals surface area contributed by atoms with Crippen molar-refractivity contribution in [3.63, 3.8) is 0 Å². The molecule has 0 aliphatic carbocycles. The van der Waals surface area contributed by atoms with Gasteiger partial charge in [-0.25, -0.2) is 12.8 Å². The molecule has 156 valence electrons. The van der Waals surface area contributed by atoms with E-state index in [0.717, 1.165) is 22.5 Å². The summed E-state index contributed by atoms with van der Waals surface area (Å²) in [6.45, 7) is 2.95. The van der Waals surface area contributed by atoms with Crippen LogP contribution in [0.3, 0.4) is 0 Å². The topological polar surface area (TPSA) is 92.8 Å². The van der Waals surface area contributed by atoms with Crippen molar-refractivity contribution in [1.82, 2.24) is 5.32 Å². The maximum Gasteiger partial charge on any atom is 0.325 e. The van der Waals surface area contributed by atoms with Crippen LogP contribution >= 0.6 is 11.6 Å². The Morgan fingerprint density at radius 1 is 1.17 bits per heavy atom. The van der Waals surface area contributed by atoms with Gasteiger partial charge in [-0.2, -0.15) is 0 Å². The van der Waals surface area contributed by atoms with Gasteiger partial charge in [0.1, 0.15) is 12.4 Å². The number of halogens is 2. The lowest BCUT2D eigenvalue weighted by Gasteiger charge is -2.20. The van der Waals surface area contributed by atoms with Crippen molar-refractivity contribution in [3.05, 3.63) is 58.9 Å². The van der Waals surface area contributed by atoms with Gasteiger partial charge in [-0.1, -0.05) is 11.6 Å². The van der Waals surface area contributed by atoms with E-state index >= 15 is 0 Å². The number of ether oxygens (including phenoxy) is 1. The van der Waals surface area contributed by atoms with E-state index in [1.807, 2.05) is 0 Å². The lowest BCUT2D eigenvalue weighted by Crippen LogP contribution is -2.32. The number of carbonyl (C=O) groups excluding carboxylic acids is 2. The first-order valence-corrected chi connectivity index (χ1v) is 10.4. The molecule has 0 radical (unpaired) electrons. The molecule has 0 aliphatic rings. The Kier molecular flexibility index (Phi) is 7.21. The molecule has 0 aromatic heterocycles. The number of nitrogens with one attached hydrogen (secondary N) is 1. The van der Waals surface area contributed by atoms with Crippen molar-refractivity contribution in [3.8, 4) is 0 Å². The number of hydrogen-bond acceptors (Lipinski definition) is 5. The van der Waals surface area contributed by atoms with E-state index in [-0.39, 0.29) is 33.8 Å². The molecule has 0 aliphatic heterocycles. The molecular weight excluding hydrogens is 423 g/mol. The highest BCUT2D eigenvalue weighted by molar-refractivity contribution is 7.92. The highest BCUT2D eigenvalue weighted by Crippen LogP contribution is 2.26. The summed E-state index contributed by atoms with van der Waals surface area (Å²) in [6, 6.07) is 8.54. The number of rotatable bonds is 7. The lowest BCUT2D eigenvalue weighted by molar-refractivity contribution is -0.146. The van der Waals surface area contributed by atoms with Crippen LogP contribution in [-0.2, 0) is 19.6 Å². The van der Waals surface area contributed by atoms with Crippen LogP contribution in [0.4, 0.5) is 10.1 Å². The van der Waals surface area contributed by atoms with E-state index in [1.54, 1.807) is 13.8 Å². The van der Waals surface area contributed by atoms with E-state index in [9.17, 15) is 22.4 Å². The first-order valence-electron chi connectivity index (χ1n) is 8.54. The molecule has 2 aromatic rings. The van der Waals surface area contributed by atoms with E-state index < -0.39 is 27.7 Å². The first kappa shape index (κ1) is 22.6. The molecule has 0 spiro atoms. The summed E-state index contributed by atoms with van der Waals surface area (Å²) >= 11 is 6.03. The zero-order valence-electron chi connectivity index (χ0n) is 16.0. The van der Waals surface area contributed by atoms with Crippen molar-refractivity contribution < 1.29 is 27.1 Å². The van der Waals surface area contributed by atoms with Crippen molar-refractivity contribution in [2.24, 2.45) is 0 Å². The monoisotopic (exact) mass is 442 g/mol. The molecule has 0 unspecified atom stereocenters. The lowest BCUT2D eigenvalue weighted by atomic mass is 10.2. The molecule has 1 amide bonds. The zero-order valence-corrected chi connectivity index (χ0v) is 17.6. The van der Waals surface area contributed by atoms with E-state index in [1.165, 1.54) is 31.3 Å². The first-order chi connectivity index (χ1) is 13.5. The minimum atomic E-state index is -4.04. The number of anilines is 1. The summed E-state index contributed by atoms with van der Waals surface area (Å²) in [4.78, 5) is 23.7. The third kappa shape index (κ3) is 5.68. The summed E-state index contributed by atoms with van der Waals surface area (Å²) in [5.41, 5.74) is 0.126. The molecule has 0 saturated carbocycles. The summed E-state index contributed by atoms with van der Waals surface area (Å²) in [7, 11) is -2.74. The Morgan fingerprint density at radius 2 is 1.79 bits per heavy atom. The van der Waals surface area contributed by atoms with Crippen molar-refractivity contribution in [2.75, 3.05) is 17.9 Å². The van der Waals surface area contributed by atoms with Crippen molar-refractivity contribution in [1.29, 1.82) is 0 Å². The van der Waals surface area contributed by atoms with Gasteiger partial charge in [-0.3, -0.25) is 13.9 Å². The van der Waals surface area contributed by atoms with Gasteiger partial charge >= 0.3 is 5.97 Å². The fourth-order valence-corrected chi connectivity index (χ4v) is 3.76. The standard InChI is InChI=1S/C19H20ClFN2O5S/c1-12(2)28-18(24)11-22-19(25)16-10-15(8-9-17(16)20)29(26,27)23(3)14-6-4-13(21)5-7-14/h4-10,12H,11H2,1-3H3,(H,22,25). The smallest absolute Gasteiger partial charge is 0.325 e. The predicted octanol–water partition coefficient (Wildman–Crippen LogP) is 2.99. The van der Waals surface area contributed by atoms with Gasteiger partial charge in [0.25, 0.3) is 15.9 Å². The number of nitrogens with zero attached hydrogens (tertiary/aromatic N) is 1. The predicted molar refractivity (Wildman–Crippen MR) is 107 cm³/mol. The summed E-state index contributed by atoms with van der Waals surface area (Å²) < 4.78 is 44.7.